The van der Waals surface area contributed by atoms with Gasteiger partial charge >= 0.3 is 0 Å². The van der Waals surface area contributed by atoms with Gasteiger partial charge in [-0.25, -0.2) is 0 Å². The minimum Gasteiger partial charge on any atom is -0.0851 e. The summed E-state index contributed by atoms with van der Waals surface area (Å²) in [6.07, 6.45) is 30.8. The summed E-state index contributed by atoms with van der Waals surface area (Å²) in [5.74, 6) is 5.08. The van der Waals surface area contributed by atoms with E-state index in [0.717, 1.165) is 29.6 Å². The van der Waals surface area contributed by atoms with Gasteiger partial charge in [0.05, 0.1) is 0 Å². The third kappa shape index (κ3) is 6.44. The first kappa shape index (κ1) is 19.5. The van der Waals surface area contributed by atoms with E-state index in [9.17, 15) is 0 Å². The molecule has 0 N–H and O–H groups in total. The molecule has 3 fully saturated rings. The highest BCUT2D eigenvalue weighted by Crippen LogP contribution is 2.40. The average molecular weight is 345 g/mol. The maximum atomic E-state index is 2.65. The van der Waals surface area contributed by atoms with Gasteiger partial charge in [-0.1, -0.05) is 76.9 Å². The number of hydrogen-bond donors (Lipinski definition) is 0. The molecule has 0 nitrogen and oxygen atoms in total. The molecular formula is C25H44. The molecule has 3 saturated carbocycles. The second kappa shape index (κ2) is 10.8. The van der Waals surface area contributed by atoms with Gasteiger partial charge in [0.25, 0.3) is 0 Å². The summed E-state index contributed by atoms with van der Waals surface area (Å²) in [7, 11) is 0. The van der Waals surface area contributed by atoms with Gasteiger partial charge in [0.2, 0.25) is 0 Å². The number of allylic oxidation sites excluding steroid dienone is 2. The molecule has 0 saturated heterocycles. The molecule has 0 aromatic carbocycles. The quantitative estimate of drug-likeness (QED) is 0.322. The van der Waals surface area contributed by atoms with Crippen molar-refractivity contribution >= 4 is 0 Å². The van der Waals surface area contributed by atoms with Gasteiger partial charge < -0.3 is 0 Å². The summed E-state index contributed by atoms with van der Waals surface area (Å²) in [5, 5.41) is 0. The van der Waals surface area contributed by atoms with Crippen LogP contribution in [0.25, 0.3) is 0 Å². The molecule has 0 heterocycles. The molecule has 0 heteroatoms. The Morgan fingerprint density at radius 1 is 0.600 bits per heavy atom. The highest BCUT2D eigenvalue weighted by atomic mass is 14.3. The van der Waals surface area contributed by atoms with Crippen LogP contribution in [0, 0.1) is 29.6 Å². The molecule has 0 radical (unpaired) electrons. The lowest BCUT2D eigenvalue weighted by molar-refractivity contribution is 0.179. The Hall–Kier alpha value is -0.260. The summed E-state index contributed by atoms with van der Waals surface area (Å²) in [4.78, 5) is 0. The van der Waals surface area contributed by atoms with Gasteiger partial charge in [0.15, 0.2) is 0 Å². The maximum Gasteiger partial charge on any atom is -0.0233 e. The fraction of sp³-hybridized carbons (Fsp3) is 0.920. The summed E-state index contributed by atoms with van der Waals surface area (Å²) in [5.41, 5.74) is 0. The van der Waals surface area contributed by atoms with Crippen LogP contribution in [-0.2, 0) is 0 Å². The Labute approximate surface area is 158 Å². The molecule has 0 aromatic heterocycles. The average Bonchev–Trinajstić information content (AvgIpc) is 2.69. The van der Waals surface area contributed by atoms with Crippen LogP contribution in [0.4, 0.5) is 0 Å². The van der Waals surface area contributed by atoms with Crippen molar-refractivity contribution in [1.82, 2.24) is 0 Å². The molecule has 0 aromatic rings. The van der Waals surface area contributed by atoms with Crippen LogP contribution in [0.3, 0.4) is 0 Å². The van der Waals surface area contributed by atoms with Crippen molar-refractivity contribution in [3.05, 3.63) is 12.2 Å². The highest BCUT2D eigenvalue weighted by Gasteiger charge is 2.28. The molecule has 0 unspecified atom stereocenters. The predicted octanol–water partition coefficient (Wildman–Crippen LogP) is 8.32. The van der Waals surface area contributed by atoms with Crippen LogP contribution in [0.1, 0.15) is 116 Å². The van der Waals surface area contributed by atoms with Crippen LogP contribution in [0.15, 0.2) is 12.2 Å². The van der Waals surface area contributed by atoms with Gasteiger partial charge in [-0.2, -0.15) is 0 Å². The largest absolute Gasteiger partial charge is 0.0851 e. The zero-order valence-corrected chi connectivity index (χ0v) is 17.1. The SMILES string of the molecule is CCCCC[C@H]1CC[C@H](/C=C/[C@H]2CC[C@H](C3CCCCC3)CC2)CC1. The van der Waals surface area contributed by atoms with Gasteiger partial charge in [-0.15, -0.1) is 0 Å². The lowest BCUT2D eigenvalue weighted by Gasteiger charge is -2.35. The second-order valence-corrected chi connectivity index (χ2v) is 9.73. The van der Waals surface area contributed by atoms with Crippen LogP contribution in [0.5, 0.6) is 0 Å². The van der Waals surface area contributed by atoms with Crippen LogP contribution < -0.4 is 0 Å². The van der Waals surface area contributed by atoms with Crippen molar-refractivity contribution in [1.29, 1.82) is 0 Å². The van der Waals surface area contributed by atoms with E-state index in [-0.39, 0.29) is 0 Å². The Morgan fingerprint density at radius 3 is 1.76 bits per heavy atom. The zero-order chi connectivity index (χ0) is 17.3. The fourth-order valence-electron chi connectivity index (χ4n) is 6.08. The molecule has 0 atom stereocenters. The molecular weight excluding hydrogens is 300 g/mol. The summed E-state index contributed by atoms with van der Waals surface area (Å²) in [6.45, 7) is 2.32. The number of unbranched alkanes of at least 4 members (excludes halogenated alkanes) is 2. The zero-order valence-electron chi connectivity index (χ0n) is 17.1. The van der Waals surface area contributed by atoms with E-state index in [1.165, 1.54) is 96.3 Å². The molecule has 0 amide bonds. The molecule has 0 spiro atoms. The predicted molar refractivity (Wildman–Crippen MR) is 111 cm³/mol. The lowest BCUT2D eigenvalue weighted by Crippen LogP contribution is -2.23. The van der Waals surface area contributed by atoms with E-state index in [1.807, 2.05) is 0 Å². The molecule has 3 aliphatic rings. The van der Waals surface area contributed by atoms with E-state index in [0.29, 0.717) is 0 Å². The van der Waals surface area contributed by atoms with Crippen molar-refractivity contribution in [3.8, 4) is 0 Å². The first-order valence-corrected chi connectivity index (χ1v) is 12.0. The van der Waals surface area contributed by atoms with E-state index >= 15 is 0 Å². The molecule has 144 valence electrons. The fourth-order valence-corrected chi connectivity index (χ4v) is 6.08. The van der Waals surface area contributed by atoms with Crippen molar-refractivity contribution in [3.63, 3.8) is 0 Å². The van der Waals surface area contributed by atoms with Crippen LogP contribution in [-0.4, -0.2) is 0 Å². The summed E-state index contributed by atoms with van der Waals surface area (Å²) < 4.78 is 0. The first-order chi connectivity index (χ1) is 12.3. The topological polar surface area (TPSA) is 0 Å². The van der Waals surface area contributed by atoms with Gasteiger partial charge in [0, 0.05) is 0 Å². The molecule has 3 rings (SSSR count). The van der Waals surface area contributed by atoms with Crippen molar-refractivity contribution < 1.29 is 0 Å². The van der Waals surface area contributed by atoms with Gasteiger partial charge in [-0.3, -0.25) is 0 Å². The minimum atomic E-state index is 0.915. The van der Waals surface area contributed by atoms with Crippen molar-refractivity contribution in [2.75, 3.05) is 0 Å². The molecule has 0 bridgehead atoms. The molecule has 0 aliphatic heterocycles. The Balaban J connectivity index is 1.31. The lowest BCUT2D eigenvalue weighted by atomic mass is 9.71. The van der Waals surface area contributed by atoms with Gasteiger partial charge in [-0.05, 0) is 81.0 Å². The first-order valence-electron chi connectivity index (χ1n) is 12.0. The third-order valence-corrected chi connectivity index (χ3v) is 7.90. The van der Waals surface area contributed by atoms with E-state index in [4.69, 9.17) is 0 Å². The van der Waals surface area contributed by atoms with Crippen LogP contribution in [0.2, 0.25) is 0 Å². The standard InChI is InChI=1S/C25H44/c1-2-3-5-8-21-11-13-22(14-12-21)15-16-23-17-19-25(20-18-23)24-9-6-4-7-10-24/h15-16,21-25H,2-14,17-20H2,1H3/b16-15+/t21-,22-,23-,25-. The Morgan fingerprint density at radius 2 is 1.16 bits per heavy atom. The van der Waals surface area contributed by atoms with Gasteiger partial charge in [0.1, 0.15) is 0 Å². The van der Waals surface area contributed by atoms with E-state index in [1.54, 1.807) is 12.8 Å². The monoisotopic (exact) mass is 344 g/mol. The van der Waals surface area contributed by atoms with Crippen LogP contribution >= 0.6 is 0 Å². The molecule has 3 aliphatic carbocycles. The molecule has 25 heavy (non-hydrogen) atoms. The Bertz CT molecular complexity index is 359. The second-order valence-electron chi connectivity index (χ2n) is 9.73. The van der Waals surface area contributed by atoms with Crippen molar-refractivity contribution in [2.45, 2.75) is 116 Å². The van der Waals surface area contributed by atoms with Crippen molar-refractivity contribution in [2.24, 2.45) is 29.6 Å². The minimum absolute atomic E-state index is 0.915. The van der Waals surface area contributed by atoms with E-state index < -0.39 is 0 Å². The highest BCUT2D eigenvalue weighted by molar-refractivity contribution is 4.96. The number of rotatable bonds is 7. The summed E-state index contributed by atoms with van der Waals surface area (Å²) >= 11 is 0. The normalized spacial score (nSPS) is 35.2. The maximum absolute atomic E-state index is 2.65. The Kier molecular flexibility index (Phi) is 8.41. The third-order valence-electron chi connectivity index (χ3n) is 7.90. The van der Waals surface area contributed by atoms with E-state index in [2.05, 4.69) is 19.1 Å². The summed E-state index contributed by atoms with van der Waals surface area (Å²) in [6, 6.07) is 0. The smallest absolute Gasteiger partial charge is 0.0233 e. The number of hydrogen-bond acceptors (Lipinski definition) is 0.